The van der Waals surface area contributed by atoms with Gasteiger partial charge in [-0.2, -0.15) is 0 Å². The highest BCUT2D eigenvalue weighted by Crippen LogP contribution is 2.61. The van der Waals surface area contributed by atoms with Gasteiger partial charge < -0.3 is 5.11 Å². The molecule has 0 aliphatic heterocycles. The van der Waals surface area contributed by atoms with Gasteiger partial charge in [-0.1, -0.05) is 175 Å². The maximum Gasteiger partial charge on any atom is 0.139 e. The third-order valence-electron chi connectivity index (χ3n) is 10.4. The van der Waals surface area contributed by atoms with E-state index in [1.807, 2.05) is 0 Å². The van der Waals surface area contributed by atoms with Gasteiger partial charge in [0, 0.05) is 9.79 Å². The summed E-state index contributed by atoms with van der Waals surface area (Å²) in [6, 6.07) is 4.91. The van der Waals surface area contributed by atoms with Gasteiger partial charge in [0.2, 0.25) is 0 Å². The predicted octanol–water partition coefficient (Wildman–Crippen LogP) is 15.4. The van der Waals surface area contributed by atoms with Crippen LogP contribution in [0.25, 0.3) is 0 Å². The van der Waals surface area contributed by atoms with Gasteiger partial charge in [-0.15, -0.1) is 0 Å². The topological polar surface area (TPSA) is 20.2 Å². The van der Waals surface area contributed by atoms with Crippen molar-refractivity contribution in [2.24, 2.45) is 0 Å². The molecule has 0 aliphatic rings. The fourth-order valence-electron chi connectivity index (χ4n) is 7.03. The van der Waals surface area contributed by atoms with Crippen molar-refractivity contribution in [2.75, 3.05) is 36.5 Å². The summed E-state index contributed by atoms with van der Waals surface area (Å²) in [6.45, 7) is 6.91. The first-order valence-corrected chi connectivity index (χ1v) is 25.7. The third kappa shape index (κ3) is 20.3. The van der Waals surface area contributed by atoms with E-state index in [0.29, 0.717) is 5.75 Å². The van der Waals surface area contributed by atoms with Gasteiger partial charge in [0.15, 0.2) is 0 Å². The van der Waals surface area contributed by atoms with Crippen LogP contribution in [0.1, 0.15) is 200 Å². The molecule has 274 valence electrons. The van der Waals surface area contributed by atoms with Gasteiger partial charge in [0.25, 0.3) is 0 Å². The van der Waals surface area contributed by atoms with Gasteiger partial charge in [0.1, 0.15) is 5.75 Å². The molecule has 3 heteroatoms. The van der Waals surface area contributed by atoms with Crippen molar-refractivity contribution in [2.45, 2.75) is 210 Å². The molecular formula is C43H84OS2. The molecule has 1 nitrogen and oxygen atoms in total. The Kier molecular flexibility index (Phi) is 26.2. The van der Waals surface area contributed by atoms with Crippen LogP contribution in [0.2, 0.25) is 0 Å². The van der Waals surface area contributed by atoms with E-state index < -0.39 is 20.1 Å². The number of phenolic OH excluding ortho intramolecular Hbond substituents is 1. The minimum absolute atomic E-state index is 0.683. The lowest BCUT2D eigenvalue weighted by molar-refractivity contribution is 0.447. The maximum absolute atomic E-state index is 11.9. The molecule has 46 heavy (non-hydrogen) atoms. The molecule has 0 saturated carbocycles. The Bertz CT molecular complexity index is 788. The largest absolute Gasteiger partial charge is 0.506 e. The lowest BCUT2D eigenvalue weighted by atomic mass is 10.0. The van der Waals surface area contributed by atoms with Crippen LogP contribution in [0.15, 0.2) is 21.9 Å². The quantitative estimate of drug-likeness (QED) is 0.0751. The number of hydrogen-bond donors (Lipinski definition) is 1. The molecule has 0 saturated heterocycles. The van der Waals surface area contributed by atoms with E-state index in [1.165, 1.54) is 207 Å². The van der Waals surface area contributed by atoms with Crippen molar-refractivity contribution >= 4 is 20.1 Å². The molecule has 0 fully saturated rings. The summed E-state index contributed by atoms with van der Waals surface area (Å²) in [5, 5.41) is 11.9. The lowest BCUT2D eigenvalue weighted by Gasteiger charge is -2.38. The average Bonchev–Trinajstić information content (AvgIpc) is 3.02. The standard InChI is InChI=1S/C43H84OS2/c1-8-11-14-17-20-22-24-27-30-33-36-45(4,5)41-38-40(35-32-29-26-19-16-13-10-3)39-42(43(41)44)46(6,7)37-34-31-28-25-23-21-18-15-12-9-2/h38-39,44H,8-37H2,1-7H3. The van der Waals surface area contributed by atoms with Crippen LogP contribution in [-0.4, -0.2) is 41.6 Å². The van der Waals surface area contributed by atoms with Crippen LogP contribution in [0.5, 0.6) is 5.75 Å². The fourth-order valence-corrected chi connectivity index (χ4v) is 11.6. The molecule has 0 amide bonds. The molecule has 0 atom stereocenters. The second-order valence-corrected chi connectivity index (χ2v) is 23.5. The van der Waals surface area contributed by atoms with Crippen molar-refractivity contribution in [3.8, 4) is 5.75 Å². The molecule has 0 unspecified atom stereocenters. The van der Waals surface area contributed by atoms with Crippen LogP contribution in [0.4, 0.5) is 0 Å². The van der Waals surface area contributed by atoms with E-state index in [0.717, 1.165) is 0 Å². The molecule has 0 heterocycles. The van der Waals surface area contributed by atoms with E-state index in [9.17, 15) is 5.11 Å². The molecule has 1 aromatic carbocycles. The zero-order chi connectivity index (χ0) is 33.9. The second-order valence-electron chi connectivity index (χ2n) is 15.7. The zero-order valence-electron chi connectivity index (χ0n) is 32.6. The van der Waals surface area contributed by atoms with Crippen molar-refractivity contribution in [1.82, 2.24) is 0 Å². The van der Waals surface area contributed by atoms with Crippen molar-refractivity contribution in [3.63, 3.8) is 0 Å². The Balaban J connectivity index is 2.79. The van der Waals surface area contributed by atoms with Gasteiger partial charge in [-0.05, 0) is 79.9 Å². The highest BCUT2D eigenvalue weighted by Gasteiger charge is 2.26. The Labute approximate surface area is 294 Å². The van der Waals surface area contributed by atoms with Crippen LogP contribution < -0.4 is 0 Å². The number of benzene rings is 1. The van der Waals surface area contributed by atoms with Gasteiger partial charge in [0.05, 0.1) is 0 Å². The van der Waals surface area contributed by atoms with Crippen molar-refractivity contribution < 1.29 is 5.11 Å². The van der Waals surface area contributed by atoms with Crippen LogP contribution in [0.3, 0.4) is 0 Å². The summed E-state index contributed by atoms with van der Waals surface area (Å²) in [7, 11) is -2.06. The summed E-state index contributed by atoms with van der Waals surface area (Å²) >= 11 is 0. The van der Waals surface area contributed by atoms with Crippen LogP contribution in [-0.2, 0) is 6.42 Å². The summed E-state index contributed by atoms with van der Waals surface area (Å²) < 4.78 is 0. The number of aryl methyl sites for hydroxylation is 1. The predicted molar refractivity (Wildman–Crippen MR) is 219 cm³/mol. The average molecular weight is 681 g/mol. The molecule has 1 rings (SSSR count). The molecule has 0 aromatic heterocycles. The molecule has 0 bridgehead atoms. The number of hydrogen-bond acceptors (Lipinski definition) is 1. The number of rotatable bonds is 32. The number of aromatic hydroxyl groups is 1. The normalized spacial score (nSPS) is 13.0. The Morgan fingerprint density at radius 2 is 0.652 bits per heavy atom. The SMILES string of the molecule is CCCCCCCCCCCCS(C)(C)c1cc(CCCCCCCCC)cc(S(C)(C)CCCCCCCCCCCC)c1O. The minimum Gasteiger partial charge on any atom is -0.506 e. The maximum atomic E-state index is 11.9. The highest BCUT2D eigenvalue weighted by molar-refractivity contribution is 8.33. The van der Waals surface area contributed by atoms with Gasteiger partial charge in [-0.3, -0.25) is 0 Å². The number of phenols is 1. The first-order chi connectivity index (χ1) is 22.2. The van der Waals surface area contributed by atoms with E-state index in [1.54, 1.807) is 0 Å². The fraction of sp³-hybridized carbons (Fsp3) is 0.860. The van der Waals surface area contributed by atoms with Gasteiger partial charge in [-0.25, -0.2) is 20.1 Å². The summed E-state index contributed by atoms with van der Waals surface area (Å²) in [4.78, 5) is 2.64. The summed E-state index contributed by atoms with van der Waals surface area (Å²) in [6.07, 6.45) is 48.5. The van der Waals surface area contributed by atoms with Gasteiger partial charge >= 0.3 is 0 Å². The highest BCUT2D eigenvalue weighted by atomic mass is 32.3. The van der Waals surface area contributed by atoms with E-state index >= 15 is 0 Å². The number of unbranched alkanes of at least 4 members (excludes halogenated alkanes) is 24. The first-order valence-electron chi connectivity index (χ1n) is 20.5. The minimum atomic E-state index is -1.03. The molecular weight excluding hydrogens is 597 g/mol. The van der Waals surface area contributed by atoms with Crippen molar-refractivity contribution in [3.05, 3.63) is 17.7 Å². The van der Waals surface area contributed by atoms with Crippen LogP contribution >= 0.6 is 20.1 Å². The zero-order valence-corrected chi connectivity index (χ0v) is 34.3. The molecule has 1 aromatic rings. The first kappa shape index (κ1) is 43.7. The second kappa shape index (κ2) is 27.5. The lowest BCUT2D eigenvalue weighted by Crippen LogP contribution is -2.08. The van der Waals surface area contributed by atoms with E-state index in [4.69, 9.17) is 0 Å². The molecule has 1 N–H and O–H groups in total. The van der Waals surface area contributed by atoms with Crippen molar-refractivity contribution in [1.29, 1.82) is 0 Å². The smallest absolute Gasteiger partial charge is 0.139 e. The molecule has 0 aliphatic carbocycles. The Morgan fingerprint density at radius 3 is 0.957 bits per heavy atom. The summed E-state index contributed by atoms with van der Waals surface area (Å²) in [5.41, 5.74) is 1.50. The monoisotopic (exact) mass is 681 g/mol. The van der Waals surface area contributed by atoms with E-state index in [-0.39, 0.29) is 0 Å². The molecule has 0 radical (unpaired) electrons. The third-order valence-corrected chi connectivity index (χ3v) is 16.0. The summed E-state index contributed by atoms with van der Waals surface area (Å²) in [5.74, 6) is 3.19. The Hall–Kier alpha value is -0.280. The van der Waals surface area contributed by atoms with E-state index in [2.05, 4.69) is 57.9 Å². The van der Waals surface area contributed by atoms with Crippen LogP contribution in [0, 0.1) is 0 Å². The Morgan fingerprint density at radius 1 is 0.391 bits per heavy atom. The molecule has 0 spiro atoms.